The van der Waals surface area contributed by atoms with Gasteiger partial charge in [0.1, 0.15) is 4.21 Å². The lowest BCUT2D eigenvalue weighted by molar-refractivity contribution is -0.130. The van der Waals surface area contributed by atoms with Crippen LogP contribution >= 0.6 is 22.9 Å². The number of thiophene rings is 1. The summed E-state index contributed by atoms with van der Waals surface area (Å²) in [6.07, 6.45) is 4.28. The number of carbonyl (C=O) groups excluding carboxylic acids is 1. The van der Waals surface area contributed by atoms with Crippen LogP contribution in [0.15, 0.2) is 16.3 Å². The molecule has 5 nitrogen and oxygen atoms in total. The smallest absolute Gasteiger partial charge is 0.250 e. The van der Waals surface area contributed by atoms with Crippen molar-refractivity contribution < 1.29 is 13.2 Å². The van der Waals surface area contributed by atoms with Crippen LogP contribution in [0.4, 0.5) is 0 Å². The number of hydrogen-bond donors (Lipinski definition) is 1. The molecule has 0 aliphatic heterocycles. The molecular weight excluding hydrogens is 332 g/mol. The van der Waals surface area contributed by atoms with E-state index in [1.54, 1.807) is 11.0 Å². The minimum atomic E-state index is -3.54. The number of rotatable bonds is 6. The number of nitrogens with zero attached hydrogens (tertiary/aromatic N) is 1. The van der Waals surface area contributed by atoms with Crippen LogP contribution in [0.3, 0.4) is 0 Å². The van der Waals surface area contributed by atoms with Crippen LogP contribution in [0.5, 0.6) is 0 Å². The van der Waals surface area contributed by atoms with Crippen molar-refractivity contribution in [3.63, 3.8) is 0 Å². The van der Waals surface area contributed by atoms with Crippen molar-refractivity contribution >= 4 is 38.9 Å². The Morgan fingerprint density at radius 1 is 1.43 bits per heavy atom. The van der Waals surface area contributed by atoms with Crippen molar-refractivity contribution in [3.05, 3.63) is 16.5 Å². The highest BCUT2D eigenvalue weighted by molar-refractivity contribution is 7.91. The number of amides is 1. The Hall–Kier alpha value is -0.630. The Labute approximate surface area is 134 Å². The second kappa shape index (κ2) is 7.09. The van der Waals surface area contributed by atoms with Gasteiger partial charge in [-0.3, -0.25) is 4.79 Å². The predicted molar refractivity (Wildman–Crippen MR) is 84.2 cm³/mol. The summed E-state index contributed by atoms with van der Waals surface area (Å²) in [5.41, 5.74) is 0. The number of halogens is 1. The Morgan fingerprint density at radius 2 is 2.10 bits per heavy atom. The SMILES string of the molecule is CC(=O)N(CCNS(=O)(=O)c1ccc(Cl)s1)C1CCCC1. The van der Waals surface area contributed by atoms with E-state index >= 15 is 0 Å². The first kappa shape index (κ1) is 16.7. The maximum atomic E-state index is 12.1. The molecule has 0 aromatic carbocycles. The first-order chi connectivity index (χ1) is 9.90. The molecule has 1 fully saturated rings. The molecular formula is C13H19ClN2O3S2. The van der Waals surface area contributed by atoms with E-state index in [-0.39, 0.29) is 22.7 Å². The maximum absolute atomic E-state index is 12.1. The van der Waals surface area contributed by atoms with Gasteiger partial charge in [-0.15, -0.1) is 11.3 Å². The zero-order valence-corrected chi connectivity index (χ0v) is 14.2. The molecule has 8 heteroatoms. The van der Waals surface area contributed by atoms with Crippen molar-refractivity contribution in [3.8, 4) is 0 Å². The Bertz CT molecular complexity index is 594. The molecule has 0 spiro atoms. The van der Waals surface area contributed by atoms with Gasteiger partial charge < -0.3 is 4.90 Å². The van der Waals surface area contributed by atoms with Gasteiger partial charge in [-0.1, -0.05) is 24.4 Å². The average Bonchev–Trinajstić information content (AvgIpc) is 3.05. The Balaban J connectivity index is 1.91. The second-order valence-electron chi connectivity index (χ2n) is 5.11. The largest absolute Gasteiger partial charge is 0.339 e. The summed E-state index contributed by atoms with van der Waals surface area (Å²) in [7, 11) is -3.54. The highest BCUT2D eigenvalue weighted by Gasteiger charge is 2.25. The van der Waals surface area contributed by atoms with Crippen LogP contribution in [0.1, 0.15) is 32.6 Å². The van der Waals surface area contributed by atoms with Crippen molar-refractivity contribution in [1.82, 2.24) is 9.62 Å². The second-order valence-corrected chi connectivity index (χ2v) is 8.82. The quantitative estimate of drug-likeness (QED) is 0.857. The summed E-state index contributed by atoms with van der Waals surface area (Å²) in [6.45, 7) is 2.15. The minimum absolute atomic E-state index is 0.000246. The monoisotopic (exact) mass is 350 g/mol. The third-order valence-corrected chi connectivity index (χ3v) is 6.81. The lowest BCUT2D eigenvalue weighted by Crippen LogP contribution is -2.42. The van der Waals surface area contributed by atoms with Gasteiger partial charge in [0.15, 0.2) is 0 Å². The van der Waals surface area contributed by atoms with E-state index in [1.807, 2.05) is 0 Å². The fourth-order valence-corrected chi connectivity index (χ4v) is 5.18. The van der Waals surface area contributed by atoms with Crippen molar-refractivity contribution in [2.75, 3.05) is 13.1 Å². The third-order valence-electron chi connectivity index (χ3n) is 3.63. The molecule has 1 aliphatic rings. The third kappa shape index (κ3) is 4.42. The molecule has 0 unspecified atom stereocenters. The van der Waals surface area contributed by atoms with Crippen LogP contribution in [0, 0.1) is 0 Å². The van der Waals surface area contributed by atoms with E-state index in [0.29, 0.717) is 10.9 Å². The van der Waals surface area contributed by atoms with E-state index in [2.05, 4.69) is 4.72 Å². The molecule has 0 bridgehead atoms. The number of carbonyl (C=O) groups is 1. The zero-order chi connectivity index (χ0) is 15.5. The molecule has 1 N–H and O–H groups in total. The summed E-state index contributed by atoms with van der Waals surface area (Å²) in [6, 6.07) is 3.29. The molecule has 1 saturated carbocycles. The predicted octanol–water partition coefficient (Wildman–Crippen LogP) is 2.47. The number of sulfonamides is 1. The first-order valence-corrected chi connectivity index (χ1v) is 9.60. The molecule has 1 aromatic heterocycles. The Morgan fingerprint density at radius 3 is 2.62 bits per heavy atom. The van der Waals surface area contributed by atoms with Gasteiger partial charge in [-0.2, -0.15) is 0 Å². The fraction of sp³-hybridized carbons (Fsp3) is 0.615. The maximum Gasteiger partial charge on any atom is 0.250 e. The van der Waals surface area contributed by atoms with Gasteiger partial charge in [0.05, 0.1) is 4.34 Å². The topological polar surface area (TPSA) is 66.5 Å². The molecule has 1 amide bonds. The van der Waals surface area contributed by atoms with Crippen LogP contribution in [0.25, 0.3) is 0 Å². The van der Waals surface area contributed by atoms with Gasteiger partial charge in [-0.25, -0.2) is 13.1 Å². The van der Waals surface area contributed by atoms with Crippen molar-refractivity contribution in [1.29, 1.82) is 0 Å². The van der Waals surface area contributed by atoms with Crippen molar-refractivity contribution in [2.24, 2.45) is 0 Å². The van der Waals surface area contributed by atoms with E-state index in [1.165, 1.54) is 13.0 Å². The molecule has 2 rings (SSSR count). The number of hydrogen-bond acceptors (Lipinski definition) is 4. The van der Waals surface area contributed by atoms with Gasteiger partial charge in [0, 0.05) is 26.1 Å². The van der Waals surface area contributed by atoms with Crippen LogP contribution in [0.2, 0.25) is 4.34 Å². The van der Waals surface area contributed by atoms with E-state index < -0.39 is 10.0 Å². The van der Waals surface area contributed by atoms with Crippen LogP contribution in [-0.2, 0) is 14.8 Å². The van der Waals surface area contributed by atoms with Gasteiger partial charge in [0.25, 0.3) is 0 Å². The number of nitrogens with one attached hydrogen (secondary N) is 1. The molecule has 0 saturated heterocycles. The van der Waals surface area contributed by atoms with E-state index in [0.717, 1.165) is 37.0 Å². The summed E-state index contributed by atoms with van der Waals surface area (Å²) < 4.78 is 27.3. The minimum Gasteiger partial charge on any atom is -0.339 e. The fourth-order valence-electron chi connectivity index (χ4n) is 2.63. The molecule has 21 heavy (non-hydrogen) atoms. The van der Waals surface area contributed by atoms with Crippen LogP contribution in [-0.4, -0.2) is 38.4 Å². The first-order valence-electron chi connectivity index (χ1n) is 6.92. The summed E-state index contributed by atoms with van der Waals surface area (Å²) in [4.78, 5) is 13.5. The normalized spacial score (nSPS) is 16.3. The summed E-state index contributed by atoms with van der Waals surface area (Å²) in [5, 5.41) is 0. The average molecular weight is 351 g/mol. The van der Waals surface area contributed by atoms with Gasteiger partial charge >= 0.3 is 0 Å². The zero-order valence-electron chi connectivity index (χ0n) is 11.8. The van der Waals surface area contributed by atoms with Gasteiger partial charge in [0.2, 0.25) is 15.9 Å². The lowest BCUT2D eigenvalue weighted by Gasteiger charge is -2.27. The highest BCUT2D eigenvalue weighted by Crippen LogP contribution is 2.25. The van der Waals surface area contributed by atoms with E-state index in [9.17, 15) is 13.2 Å². The highest BCUT2D eigenvalue weighted by atomic mass is 35.5. The lowest BCUT2D eigenvalue weighted by atomic mass is 10.2. The molecule has 1 aromatic rings. The molecule has 0 atom stereocenters. The molecule has 118 valence electrons. The van der Waals surface area contributed by atoms with Crippen molar-refractivity contribution in [2.45, 2.75) is 42.9 Å². The van der Waals surface area contributed by atoms with E-state index in [4.69, 9.17) is 11.6 Å². The van der Waals surface area contributed by atoms with Crippen LogP contribution < -0.4 is 4.72 Å². The molecule has 1 aliphatic carbocycles. The Kier molecular flexibility index (Phi) is 5.65. The summed E-state index contributed by atoms with van der Waals surface area (Å²) >= 11 is 6.77. The summed E-state index contributed by atoms with van der Waals surface area (Å²) in [5.74, 6) is 0.000246. The van der Waals surface area contributed by atoms with Gasteiger partial charge in [-0.05, 0) is 25.0 Å². The molecule has 0 radical (unpaired) electrons. The molecule has 1 heterocycles. The standard InChI is InChI=1S/C13H19ClN2O3S2/c1-10(17)16(11-4-2-3-5-11)9-8-15-21(18,19)13-7-6-12(14)20-13/h6-7,11,15H,2-5,8-9H2,1H3.